The third kappa shape index (κ3) is 3.92. The van der Waals surface area contributed by atoms with E-state index in [0.717, 1.165) is 23.4 Å². The fraction of sp³-hybridized carbons (Fsp3) is 0.240. The second kappa shape index (κ2) is 8.71. The van der Waals surface area contributed by atoms with Crippen LogP contribution in [0.2, 0.25) is 10.0 Å². The van der Waals surface area contributed by atoms with Crippen LogP contribution < -0.4 is 10.2 Å². The van der Waals surface area contributed by atoms with Crippen molar-refractivity contribution < 1.29 is 4.79 Å². The molecule has 0 saturated heterocycles. The van der Waals surface area contributed by atoms with Gasteiger partial charge in [0.1, 0.15) is 0 Å². The average molecular weight is 439 g/mol. The molecule has 0 radical (unpaired) electrons. The van der Waals surface area contributed by atoms with Gasteiger partial charge in [0.05, 0.1) is 6.04 Å². The Hall–Kier alpha value is -2.49. The molecule has 3 unspecified atom stereocenters. The maximum Gasteiger partial charge on any atom is 0.258 e. The van der Waals surface area contributed by atoms with Crippen LogP contribution in [0.3, 0.4) is 0 Å². The maximum absolute atomic E-state index is 13.6. The Morgan fingerprint density at radius 3 is 2.27 bits per heavy atom. The highest BCUT2D eigenvalue weighted by molar-refractivity contribution is 6.35. The first kappa shape index (κ1) is 20.8. The average Bonchev–Trinajstić information content (AvgIpc) is 2.75. The van der Waals surface area contributed by atoms with Crippen LogP contribution in [-0.4, -0.2) is 11.9 Å². The summed E-state index contributed by atoms with van der Waals surface area (Å²) in [6, 6.07) is 23.5. The van der Waals surface area contributed by atoms with Gasteiger partial charge in [-0.25, -0.2) is 0 Å². The zero-order valence-electron chi connectivity index (χ0n) is 17.0. The molecule has 1 aliphatic heterocycles. The van der Waals surface area contributed by atoms with E-state index in [2.05, 4.69) is 37.4 Å². The molecule has 0 aromatic heterocycles. The van der Waals surface area contributed by atoms with Gasteiger partial charge in [-0.1, -0.05) is 73.4 Å². The van der Waals surface area contributed by atoms with Crippen molar-refractivity contribution >= 4 is 40.5 Å². The van der Waals surface area contributed by atoms with E-state index < -0.39 is 0 Å². The van der Waals surface area contributed by atoms with Crippen LogP contribution >= 0.6 is 23.2 Å². The summed E-state index contributed by atoms with van der Waals surface area (Å²) in [4.78, 5) is 15.6. The summed E-state index contributed by atoms with van der Waals surface area (Å²) in [7, 11) is 0. The molecule has 0 bridgehead atoms. The lowest BCUT2D eigenvalue weighted by atomic mass is 9.80. The zero-order valence-corrected chi connectivity index (χ0v) is 18.5. The molecule has 1 N–H and O–H groups in total. The third-order valence-electron chi connectivity index (χ3n) is 5.84. The number of nitrogens with zero attached hydrogens (tertiary/aromatic N) is 1. The van der Waals surface area contributed by atoms with Crippen molar-refractivity contribution in [2.75, 3.05) is 10.2 Å². The van der Waals surface area contributed by atoms with E-state index in [9.17, 15) is 4.79 Å². The van der Waals surface area contributed by atoms with Crippen LogP contribution in [-0.2, 0) is 0 Å². The molecule has 0 spiro atoms. The second-order valence-corrected chi connectivity index (χ2v) is 8.59. The van der Waals surface area contributed by atoms with Crippen molar-refractivity contribution in [3.05, 3.63) is 94.0 Å². The highest BCUT2D eigenvalue weighted by Crippen LogP contribution is 2.44. The number of amides is 1. The molecule has 0 saturated carbocycles. The van der Waals surface area contributed by atoms with E-state index in [-0.39, 0.29) is 23.9 Å². The summed E-state index contributed by atoms with van der Waals surface area (Å²) in [5.74, 6) is 0.118. The van der Waals surface area contributed by atoms with Gasteiger partial charge in [0.15, 0.2) is 0 Å². The first-order chi connectivity index (χ1) is 14.5. The van der Waals surface area contributed by atoms with Gasteiger partial charge >= 0.3 is 0 Å². The van der Waals surface area contributed by atoms with Gasteiger partial charge in [0.25, 0.3) is 5.91 Å². The SMILES string of the molecule is CCC1C(C)C(Nc2ccccc2)c2ccccc2N1C(=O)c1cc(Cl)cc(Cl)c1. The van der Waals surface area contributed by atoms with Crippen molar-refractivity contribution in [1.29, 1.82) is 0 Å². The molecule has 1 heterocycles. The topological polar surface area (TPSA) is 32.3 Å². The molecule has 1 amide bonds. The minimum absolute atomic E-state index is 0.0337. The molecule has 3 aromatic carbocycles. The summed E-state index contributed by atoms with van der Waals surface area (Å²) < 4.78 is 0. The van der Waals surface area contributed by atoms with Gasteiger partial charge in [-0.2, -0.15) is 0 Å². The Morgan fingerprint density at radius 2 is 1.60 bits per heavy atom. The summed E-state index contributed by atoms with van der Waals surface area (Å²) in [5.41, 5.74) is 3.61. The second-order valence-electron chi connectivity index (χ2n) is 7.71. The van der Waals surface area contributed by atoms with Crippen LogP contribution in [0, 0.1) is 5.92 Å². The standard InChI is InChI=1S/C25H24Cl2N2O/c1-3-22-16(2)24(28-20-9-5-4-6-10-20)21-11-7-8-12-23(21)29(22)25(30)17-13-18(26)15-19(27)14-17/h4-16,22,24,28H,3H2,1-2H3. The van der Waals surface area contributed by atoms with E-state index in [0.29, 0.717) is 15.6 Å². The van der Waals surface area contributed by atoms with Crippen molar-refractivity contribution in [2.24, 2.45) is 5.92 Å². The third-order valence-corrected chi connectivity index (χ3v) is 6.27. The largest absolute Gasteiger partial charge is 0.378 e. The molecule has 0 aliphatic carbocycles. The van der Waals surface area contributed by atoms with E-state index in [4.69, 9.17) is 23.2 Å². The number of hydrogen-bond donors (Lipinski definition) is 1. The van der Waals surface area contributed by atoms with Gasteiger partial charge in [0.2, 0.25) is 0 Å². The number of para-hydroxylation sites is 2. The lowest BCUT2D eigenvalue weighted by molar-refractivity contribution is 0.0960. The van der Waals surface area contributed by atoms with Gasteiger partial charge in [-0.05, 0) is 48.4 Å². The minimum Gasteiger partial charge on any atom is -0.378 e. The lowest BCUT2D eigenvalue weighted by Gasteiger charge is -2.45. The quantitative estimate of drug-likeness (QED) is 0.465. The number of halogens is 2. The molecule has 0 fully saturated rings. The van der Waals surface area contributed by atoms with Crippen molar-refractivity contribution in [3.8, 4) is 0 Å². The Morgan fingerprint density at radius 1 is 0.967 bits per heavy atom. The summed E-state index contributed by atoms with van der Waals surface area (Å²) in [5, 5.41) is 4.61. The normalized spacial score (nSPS) is 20.5. The van der Waals surface area contributed by atoms with Gasteiger partial charge < -0.3 is 10.2 Å². The van der Waals surface area contributed by atoms with Crippen LogP contribution in [0.5, 0.6) is 0 Å². The number of carbonyl (C=O) groups is 1. The molecule has 154 valence electrons. The first-order valence-electron chi connectivity index (χ1n) is 10.2. The predicted octanol–water partition coefficient (Wildman–Crippen LogP) is 7.22. The molecule has 1 aliphatic rings. The number of rotatable bonds is 4. The highest BCUT2D eigenvalue weighted by atomic mass is 35.5. The van der Waals surface area contributed by atoms with Crippen molar-refractivity contribution in [2.45, 2.75) is 32.4 Å². The molecule has 3 atom stereocenters. The van der Waals surface area contributed by atoms with Crippen LogP contribution in [0.25, 0.3) is 0 Å². The number of anilines is 2. The highest BCUT2D eigenvalue weighted by Gasteiger charge is 2.40. The molecular weight excluding hydrogens is 415 g/mol. The fourth-order valence-electron chi connectivity index (χ4n) is 4.44. The van der Waals surface area contributed by atoms with Gasteiger partial charge in [0, 0.05) is 38.9 Å². The van der Waals surface area contributed by atoms with Crippen LogP contribution in [0.4, 0.5) is 11.4 Å². The Bertz CT molecular complexity index is 1030. The smallest absolute Gasteiger partial charge is 0.258 e. The number of benzene rings is 3. The van der Waals surface area contributed by atoms with Gasteiger partial charge in [-0.15, -0.1) is 0 Å². The van der Waals surface area contributed by atoms with E-state index in [1.807, 2.05) is 41.3 Å². The van der Waals surface area contributed by atoms with Crippen LogP contribution in [0.15, 0.2) is 72.8 Å². The first-order valence-corrected chi connectivity index (χ1v) is 11.0. The summed E-state index contributed by atoms with van der Waals surface area (Å²) in [6.07, 6.45) is 0.836. The number of hydrogen-bond acceptors (Lipinski definition) is 2. The predicted molar refractivity (Wildman–Crippen MR) is 126 cm³/mol. The number of carbonyl (C=O) groups excluding carboxylic acids is 1. The molecule has 3 nitrogen and oxygen atoms in total. The Labute approximate surface area is 187 Å². The monoisotopic (exact) mass is 438 g/mol. The lowest BCUT2D eigenvalue weighted by Crippen LogP contribution is -2.50. The van der Waals surface area contributed by atoms with Crippen molar-refractivity contribution in [1.82, 2.24) is 0 Å². The van der Waals surface area contributed by atoms with Crippen molar-refractivity contribution in [3.63, 3.8) is 0 Å². The minimum atomic E-state index is -0.0799. The van der Waals surface area contributed by atoms with Crippen LogP contribution in [0.1, 0.15) is 42.2 Å². The van der Waals surface area contributed by atoms with E-state index >= 15 is 0 Å². The number of fused-ring (bicyclic) bond motifs is 1. The maximum atomic E-state index is 13.6. The molecular formula is C25H24Cl2N2O. The van der Waals surface area contributed by atoms with E-state index in [1.165, 1.54) is 0 Å². The molecule has 4 rings (SSSR count). The molecule has 5 heteroatoms. The summed E-state index contributed by atoms with van der Waals surface area (Å²) >= 11 is 12.4. The Balaban J connectivity index is 1.79. The summed E-state index contributed by atoms with van der Waals surface area (Å²) in [6.45, 7) is 4.33. The number of nitrogens with one attached hydrogen (secondary N) is 1. The molecule has 30 heavy (non-hydrogen) atoms. The van der Waals surface area contributed by atoms with E-state index in [1.54, 1.807) is 18.2 Å². The molecule has 3 aromatic rings. The Kier molecular flexibility index (Phi) is 6.03. The zero-order chi connectivity index (χ0) is 21.3. The van der Waals surface area contributed by atoms with Gasteiger partial charge in [-0.3, -0.25) is 4.79 Å². The fourth-order valence-corrected chi connectivity index (χ4v) is 4.97.